The van der Waals surface area contributed by atoms with Crippen molar-refractivity contribution in [1.82, 2.24) is 9.21 Å². The summed E-state index contributed by atoms with van der Waals surface area (Å²) in [4.78, 5) is 25.2. The maximum atomic E-state index is 12.5. The molecule has 1 aliphatic carbocycles. The van der Waals surface area contributed by atoms with E-state index in [1.165, 1.54) is 21.3 Å². The molecule has 7 nitrogen and oxygen atoms in total. The van der Waals surface area contributed by atoms with E-state index < -0.39 is 21.4 Å². The molecule has 0 bridgehead atoms. The zero-order valence-corrected chi connectivity index (χ0v) is 13.3. The Morgan fingerprint density at radius 2 is 1.57 bits per heavy atom. The molecular formula is C15H18N2O5S. The number of piperazine rings is 1. The highest BCUT2D eigenvalue weighted by Crippen LogP contribution is 2.47. The molecule has 0 atom stereocenters. The molecule has 0 radical (unpaired) electrons. The first-order chi connectivity index (χ1) is 10.9. The van der Waals surface area contributed by atoms with Crippen LogP contribution in [0.5, 0.6) is 0 Å². The monoisotopic (exact) mass is 338 g/mol. The number of nitrogens with zero attached hydrogens (tertiary/aromatic N) is 2. The van der Waals surface area contributed by atoms with Gasteiger partial charge in [-0.3, -0.25) is 9.59 Å². The van der Waals surface area contributed by atoms with E-state index in [0.717, 1.165) is 0 Å². The fourth-order valence-corrected chi connectivity index (χ4v) is 4.26. The van der Waals surface area contributed by atoms with Gasteiger partial charge in [0.05, 0.1) is 4.90 Å². The van der Waals surface area contributed by atoms with Crippen molar-refractivity contribution in [2.24, 2.45) is 5.41 Å². The predicted molar refractivity (Wildman–Crippen MR) is 81.1 cm³/mol. The van der Waals surface area contributed by atoms with Gasteiger partial charge in [0, 0.05) is 26.2 Å². The summed E-state index contributed by atoms with van der Waals surface area (Å²) in [5, 5.41) is 9.18. The number of carbonyl (C=O) groups excluding carboxylic acids is 1. The molecule has 1 aliphatic heterocycles. The summed E-state index contributed by atoms with van der Waals surface area (Å²) in [6.07, 6.45) is 0.730. The maximum absolute atomic E-state index is 12.5. The Morgan fingerprint density at radius 1 is 1.00 bits per heavy atom. The van der Waals surface area contributed by atoms with E-state index in [1.54, 1.807) is 18.2 Å². The summed E-state index contributed by atoms with van der Waals surface area (Å²) in [6, 6.07) is 8.15. The van der Waals surface area contributed by atoms with Crippen LogP contribution in [0.4, 0.5) is 0 Å². The highest BCUT2D eigenvalue weighted by Gasteiger charge is 2.58. The first-order valence-electron chi connectivity index (χ1n) is 7.46. The van der Waals surface area contributed by atoms with Crippen LogP contribution in [0.25, 0.3) is 0 Å². The van der Waals surface area contributed by atoms with Gasteiger partial charge in [0.2, 0.25) is 15.9 Å². The predicted octanol–water partition coefficient (Wildman–Crippen LogP) is 0.384. The molecule has 0 spiro atoms. The van der Waals surface area contributed by atoms with Gasteiger partial charge in [-0.05, 0) is 25.0 Å². The largest absolute Gasteiger partial charge is 0.480 e. The van der Waals surface area contributed by atoms with Crippen molar-refractivity contribution in [3.63, 3.8) is 0 Å². The third-order valence-electron chi connectivity index (χ3n) is 4.48. The number of benzene rings is 1. The van der Waals surface area contributed by atoms with E-state index in [9.17, 15) is 23.1 Å². The molecule has 3 rings (SSSR count). The van der Waals surface area contributed by atoms with Crippen molar-refractivity contribution in [2.75, 3.05) is 26.2 Å². The molecule has 1 aromatic rings. The van der Waals surface area contributed by atoms with Gasteiger partial charge >= 0.3 is 5.97 Å². The molecule has 2 aliphatic rings. The van der Waals surface area contributed by atoms with Crippen LogP contribution < -0.4 is 0 Å². The van der Waals surface area contributed by atoms with Crippen molar-refractivity contribution in [1.29, 1.82) is 0 Å². The third-order valence-corrected chi connectivity index (χ3v) is 6.39. The average molecular weight is 338 g/mol. The Labute approximate surface area is 134 Å². The second-order valence-corrected chi connectivity index (χ2v) is 7.83. The molecule has 0 unspecified atom stereocenters. The summed E-state index contributed by atoms with van der Waals surface area (Å²) in [5.41, 5.74) is -1.26. The highest BCUT2D eigenvalue weighted by molar-refractivity contribution is 7.89. The fraction of sp³-hybridized carbons (Fsp3) is 0.467. The quantitative estimate of drug-likeness (QED) is 0.801. The topological polar surface area (TPSA) is 95.0 Å². The standard InChI is InChI=1S/C15H18N2O5S/c18-13(15(6-7-15)14(19)20)16-8-10-17(11-9-16)23(21,22)12-4-2-1-3-5-12/h1-5H,6-11H2,(H,19,20). The zero-order chi connectivity index (χ0) is 16.7. The summed E-state index contributed by atoms with van der Waals surface area (Å²) in [6.45, 7) is 0.803. The highest BCUT2D eigenvalue weighted by atomic mass is 32.2. The summed E-state index contributed by atoms with van der Waals surface area (Å²) < 4.78 is 26.4. The van der Waals surface area contributed by atoms with Crippen molar-refractivity contribution < 1.29 is 23.1 Å². The molecule has 1 saturated carbocycles. The smallest absolute Gasteiger partial charge is 0.319 e. The van der Waals surface area contributed by atoms with Crippen LogP contribution in [-0.2, 0) is 19.6 Å². The van der Waals surface area contributed by atoms with Crippen molar-refractivity contribution in [3.8, 4) is 0 Å². The van der Waals surface area contributed by atoms with Gasteiger partial charge < -0.3 is 10.0 Å². The van der Waals surface area contributed by atoms with Crippen molar-refractivity contribution >= 4 is 21.9 Å². The summed E-state index contributed by atoms with van der Waals surface area (Å²) in [7, 11) is -3.57. The number of aliphatic carboxylic acids is 1. The van der Waals surface area contributed by atoms with Crippen molar-refractivity contribution in [3.05, 3.63) is 30.3 Å². The third kappa shape index (κ3) is 2.72. The minimum atomic E-state index is -3.57. The number of carboxylic acid groups (broad SMARTS) is 1. The molecule has 0 aromatic heterocycles. The molecule has 1 heterocycles. The Hall–Kier alpha value is -1.93. The number of hydrogen-bond donors (Lipinski definition) is 1. The Balaban J connectivity index is 1.67. The lowest BCUT2D eigenvalue weighted by atomic mass is 10.1. The first kappa shape index (κ1) is 15.9. The molecule has 1 amide bonds. The minimum absolute atomic E-state index is 0.179. The molecule has 23 heavy (non-hydrogen) atoms. The van der Waals surface area contributed by atoms with Crippen LogP contribution >= 0.6 is 0 Å². The van der Waals surface area contributed by atoms with Gasteiger partial charge in [-0.2, -0.15) is 4.31 Å². The van der Waals surface area contributed by atoms with Crippen LogP contribution in [0.2, 0.25) is 0 Å². The second kappa shape index (κ2) is 5.61. The second-order valence-electron chi connectivity index (χ2n) is 5.90. The van der Waals surface area contributed by atoms with Gasteiger partial charge in [-0.25, -0.2) is 8.42 Å². The SMILES string of the molecule is O=C(O)C1(C(=O)N2CCN(S(=O)(=O)c3ccccc3)CC2)CC1. The number of rotatable bonds is 4. The molecule has 1 saturated heterocycles. The van der Waals surface area contributed by atoms with Gasteiger partial charge in [0.15, 0.2) is 0 Å². The maximum Gasteiger partial charge on any atom is 0.319 e. The van der Waals surface area contributed by atoms with Gasteiger partial charge in [0.1, 0.15) is 5.41 Å². The number of amides is 1. The van der Waals surface area contributed by atoms with Gasteiger partial charge in [-0.15, -0.1) is 0 Å². The minimum Gasteiger partial charge on any atom is -0.480 e. The van der Waals surface area contributed by atoms with E-state index in [1.807, 2.05) is 0 Å². The number of carbonyl (C=O) groups is 2. The zero-order valence-electron chi connectivity index (χ0n) is 12.5. The lowest BCUT2D eigenvalue weighted by Gasteiger charge is -2.35. The number of hydrogen-bond acceptors (Lipinski definition) is 4. The lowest BCUT2D eigenvalue weighted by molar-refractivity contribution is -0.154. The Morgan fingerprint density at radius 3 is 2.04 bits per heavy atom. The molecule has 1 aromatic carbocycles. The first-order valence-corrected chi connectivity index (χ1v) is 8.90. The molecule has 8 heteroatoms. The van der Waals surface area contributed by atoms with Crippen LogP contribution in [0.1, 0.15) is 12.8 Å². The Kier molecular flexibility index (Phi) is 3.89. The van der Waals surface area contributed by atoms with Crippen LogP contribution in [0.15, 0.2) is 35.2 Å². The lowest BCUT2D eigenvalue weighted by Crippen LogP contribution is -2.53. The number of carboxylic acids is 1. The fourth-order valence-electron chi connectivity index (χ4n) is 2.82. The van der Waals surface area contributed by atoms with Crippen molar-refractivity contribution in [2.45, 2.75) is 17.7 Å². The molecular weight excluding hydrogens is 320 g/mol. The van der Waals surface area contributed by atoms with Crippen LogP contribution in [-0.4, -0.2) is 60.8 Å². The summed E-state index contributed by atoms with van der Waals surface area (Å²) in [5.74, 6) is -1.47. The molecule has 2 fully saturated rings. The van der Waals surface area contributed by atoms with Gasteiger partial charge in [0.25, 0.3) is 0 Å². The normalized spacial score (nSPS) is 21.0. The van der Waals surface area contributed by atoms with Gasteiger partial charge in [-0.1, -0.05) is 18.2 Å². The Bertz CT molecular complexity index is 719. The van der Waals surface area contributed by atoms with E-state index in [2.05, 4.69) is 0 Å². The number of sulfonamides is 1. The molecule has 1 N–H and O–H groups in total. The van der Waals surface area contributed by atoms with Crippen LogP contribution in [0, 0.1) is 5.41 Å². The van der Waals surface area contributed by atoms with E-state index in [4.69, 9.17) is 0 Å². The van der Waals surface area contributed by atoms with E-state index >= 15 is 0 Å². The van der Waals surface area contributed by atoms with E-state index in [-0.39, 0.29) is 37.0 Å². The van der Waals surface area contributed by atoms with Crippen LogP contribution in [0.3, 0.4) is 0 Å². The molecule has 124 valence electrons. The van der Waals surface area contributed by atoms with E-state index in [0.29, 0.717) is 12.8 Å². The summed E-state index contributed by atoms with van der Waals surface area (Å²) >= 11 is 0. The average Bonchev–Trinajstić information content (AvgIpc) is 3.37.